The van der Waals surface area contributed by atoms with Crippen LogP contribution in [0.1, 0.15) is 29.8 Å². The Hall–Kier alpha value is -1.16. The van der Waals surface area contributed by atoms with Gasteiger partial charge in [0.2, 0.25) is 0 Å². The van der Waals surface area contributed by atoms with E-state index in [9.17, 15) is 14.5 Å². The van der Waals surface area contributed by atoms with Gasteiger partial charge in [0.1, 0.15) is 0 Å². The van der Waals surface area contributed by atoms with Gasteiger partial charge in [0, 0.05) is 0 Å². The Morgan fingerprint density at radius 3 is 2.22 bits per heavy atom. The Balaban J connectivity index is 3.01. The summed E-state index contributed by atoms with van der Waals surface area (Å²) >= 11 is 0. The molecule has 0 fully saturated rings. The molecule has 5 nitrogen and oxygen atoms in total. The predicted molar refractivity (Wildman–Crippen MR) is 66.0 cm³/mol. The third kappa shape index (κ3) is 3.95. The minimum atomic E-state index is -3.30. The fourth-order valence-corrected chi connectivity index (χ4v) is 3.32. The van der Waals surface area contributed by atoms with E-state index in [1.54, 1.807) is 32.0 Å². The zero-order valence-corrected chi connectivity index (χ0v) is 11.3. The highest BCUT2D eigenvalue weighted by Crippen LogP contribution is 2.51. The zero-order chi connectivity index (χ0) is 13.6. The van der Waals surface area contributed by atoms with Crippen molar-refractivity contribution in [1.82, 2.24) is 0 Å². The van der Waals surface area contributed by atoms with Crippen LogP contribution in [0.5, 0.6) is 0 Å². The van der Waals surface area contributed by atoms with Crippen molar-refractivity contribution in [3.05, 3.63) is 35.4 Å². The molecule has 6 heteroatoms. The van der Waals surface area contributed by atoms with Crippen molar-refractivity contribution in [3.63, 3.8) is 0 Å². The molecular weight excluding hydrogens is 255 g/mol. The van der Waals surface area contributed by atoms with Gasteiger partial charge in [-0.25, -0.2) is 9.90 Å². The lowest BCUT2D eigenvalue weighted by molar-refractivity contribution is 0.0572. The van der Waals surface area contributed by atoms with Gasteiger partial charge in [-0.2, -0.15) is 0 Å². The van der Waals surface area contributed by atoms with E-state index in [0.717, 1.165) is 0 Å². The smallest absolute Gasteiger partial charge is 0.309 e. The molecular formula is C12H16O5P. The summed E-state index contributed by atoms with van der Waals surface area (Å²) in [6, 6.07) is 6.24. The summed E-state index contributed by atoms with van der Waals surface area (Å²) in [7, 11) is -3.30. The third-order valence-corrected chi connectivity index (χ3v) is 4.28. The van der Waals surface area contributed by atoms with Crippen molar-refractivity contribution in [2.75, 3.05) is 13.2 Å². The number of rotatable bonds is 7. The quantitative estimate of drug-likeness (QED) is 0.714. The van der Waals surface area contributed by atoms with E-state index < -0.39 is 13.6 Å². The minimum Gasteiger partial charge on any atom is -0.309 e. The normalized spacial score (nSPS) is 11.4. The summed E-state index contributed by atoms with van der Waals surface area (Å²) in [5, 5.41) is 10.9. The standard InChI is InChI=1S/C12H16O5P/c1-3-16-18(15,17-4-2)9-10-7-5-6-8-11(10)12(13)14/h5-8H,3-4,9H2,1-2H3. The Morgan fingerprint density at radius 2 is 1.72 bits per heavy atom. The second-order valence-electron chi connectivity index (χ2n) is 3.55. The van der Waals surface area contributed by atoms with Gasteiger partial charge in [-0.3, -0.25) is 4.57 Å². The fraction of sp³-hybridized carbons (Fsp3) is 0.417. The molecule has 0 aliphatic rings. The molecule has 1 aromatic rings. The minimum absolute atomic E-state index is 0.0112. The first kappa shape index (κ1) is 14.9. The van der Waals surface area contributed by atoms with Crippen LogP contribution in [0.15, 0.2) is 24.3 Å². The van der Waals surface area contributed by atoms with Crippen LogP contribution >= 0.6 is 7.60 Å². The van der Waals surface area contributed by atoms with Gasteiger partial charge in [0.25, 0.3) is 0 Å². The lowest BCUT2D eigenvalue weighted by atomic mass is 10.1. The van der Waals surface area contributed by atoms with Crippen LogP contribution in [0.25, 0.3) is 0 Å². The summed E-state index contributed by atoms with van der Waals surface area (Å²) in [5.74, 6) is -1.30. The molecule has 18 heavy (non-hydrogen) atoms. The van der Waals surface area contributed by atoms with Gasteiger partial charge in [-0.15, -0.1) is 0 Å². The molecule has 0 amide bonds. The lowest BCUT2D eigenvalue weighted by Crippen LogP contribution is -2.04. The molecule has 99 valence electrons. The van der Waals surface area contributed by atoms with Gasteiger partial charge in [0.05, 0.1) is 24.9 Å². The fourth-order valence-electron chi connectivity index (χ4n) is 1.59. The highest BCUT2D eigenvalue weighted by atomic mass is 31.2. The first-order chi connectivity index (χ1) is 8.52. The summed E-state index contributed by atoms with van der Waals surface area (Å²) in [4.78, 5) is 10.9. The molecule has 0 bridgehead atoms. The molecule has 0 saturated heterocycles. The van der Waals surface area contributed by atoms with Gasteiger partial charge in [-0.1, -0.05) is 18.2 Å². The maximum absolute atomic E-state index is 12.3. The third-order valence-electron chi connectivity index (χ3n) is 2.25. The summed E-state index contributed by atoms with van der Waals surface area (Å²) in [5.41, 5.74) is 0.403. The molecule has 0 aromatic heterocycles. The lowest BCUT2D eigenvalue weighted by Gasteiger charge is -2.17. The van der Waals surface area contributed by atoms with Crippen LogP contribution in [0.4, 0.5) is 0 Å². The molecule has 0 unspecified atom stereocenters. The highest BCUT2D eigenvalue weighted by Gasteiger charge is 2.26. The molecule has 0 saturated carbocycles. The Morgan fingerprint density at radius 1 is 1.17 bits per heavy atom. The van der Waals surface area contributed by atoms with Crippen molar-refractivity contribution in [2.45, 2.75) is 20.0 Å². The monoisotopic (exact) mass is 271 g/mol. The maximum atomic E-state index is 12.3. The van der Waals surface area contributed by atoms with E-state index in [1.807, 2.05) is 0 Å². The van der Waals surface area contributed by atoms with Crippen LogP contribution < -0.4 is 0 Å². The largest absolute Gasteiger partial charge is 0.386 e. The Bertz CT molecular complexity index is 448. The molecule has 1 aromatic carbocycles. The number of carbonyl (C=O) groups excluding carboxylic acids is 1. The topological polar surface area (TPSA) is 72.5 Å². The number of hydrogen-bond donors (Lipinski definition) is 0. The first-order valence-electron chi connectivity index (χ1n) is 5.69. The van der Waals surface area contributed by atoms with Crippen LogP contribution in [-0.4, -0.2) is 19.2 Å². The molecule has 0 aliphatic heterocycles. The SMILES string of the molecule is CCOP(=O)(Cc1ccccc1C([O])=O)OCC. The number of benzene rings is 1. The molecule has 0 aliphatic carbocycles. The van der Waals surface area contributed by atoms with Crippen molar-refractivity contribution in [3.8, 4) is 0 Å². The molecule has 0 N–H and O–H groups in total. The van der Waals surface area contributed by atoms with Crippen LogP contribution in [-0.2, 0) is 24.9 Å². The van der Waals surface area contributed by atoms with Gasteiger partial charge in [-0.05, 0) is 25.5 Å². The predicted octanol–water partition coefficient (Wildman–Crippen LogP) is 3.02. The van der Waals surface area contributed by atoms with E-state index >= 15 is 0 Å². The van der Waals surface area contributed by atoms with E-state index in [-0.39, 0.29) is 24.9 Å². The summed E-state index contributed by atoms with van der Waals surface area (Å²) in [6.45, 7) is 3.89. The van der Waals surface area contributed by atoms with E-state index in [4.69, 9.17) is 9.05 Å². The number of hydrogen-bond acceptors (Lipinski definition) is 4. The Labute approximate surface area is 106 Å². The molecule has 1 rings (SSSR count). The van der Waals surface area contributed by atoms with Gasteiger partial charge in [0.15, 0.2) is 0 Å². The zero-order valence-electron chi connectivity index (χ0n) is 10.4. The van der Waals surface area contributed by atoms with E-state index in [0.29, 0.717) is 5.56 Å². The summed E-state index contributed by atoms with van der Waals surface area (Å²) < 4.78 is 22.6. The second kappa shape index (κ2) is 6.69. The van der Waals surface area contributed by atoms with Crippen molar-refractivity contribution in [2.24, 2.45) is 0 Å². The van der Waals surface area contributed by atoms with Crippen LogP contribution in [0.3, 0.4) is 0 Å². The molecule has 0 heterocycles. The van der Waals surface area contributed by atoms with Crippen LogP contribution in [0.2, 0.25) is 0 Å². The van der Waals surface area contributed by atoms with Crippen molar-refractivity contribution < 1.29 is 23.5 Å². The van der Waals surface area contributed by atoms with Crippen molar-refractivity contribution in [1.29, 1.82) is 0 Å². The molecule has 0 atom stereocenters. The molecule has 0 spiro atoms. The van der Waals surface area contributed by atoms with E-state index in [1.165, 1.54) is 6.07 Å². The average Bonchev–Trinajstić information content (AvgIpc) is 2.29. The first-order valence-corrected chi connectivity index (χ1v) is 7.42. The molecule has 1 radical (unpaired) electrons. The van der Waals surface area contributed by atoms with Crippen molar-refractivity contribution >= 4 is 13.6 Å². The van der Waals surface area contributed by atoms with Gasteiger partial charge >= 0.3 is 13.6 Å². The average molecular weight is 271 g/mol. The Kier molecular flexibility index (Phi) is 5.54. The van der Waals surface area contributed by atoms with Gasteiger partial charge < -0.3 is 9.05 Å². The summed E-state index contributed by atoms with van der Waals surface area (Å²) in [6.07, 6.45) is -0.0706. The maximum Gasteiger partial charge on any atom is 0.386 e. The highest BCUT2D eigenvalue weighted by molar-refractivity contribution is 7.53. The second-order valence-corrected chi connectivity index (χ2v) is 5.60. The number of carbonyl (C=O) groups is 1. The van der Waals surface area contributed by atoms with Crippen LogP contribution in [0, 0.1) is 0 Å². The van der Waals surface area contributed by atoms with E-state index in [2.05, 4.69) is 0 Å².